The average molecular weight is 459 g/mol. The van der Waals surface area contributed by atoms with Crippen molar-refractivity contribution in [3.63, 3.8) is 0 Å². The third-order valence-electron chi connectivity index (χ3n) is 3.68. The first kappa shape index (κ1) is 20.7. The number of methoxy groups -OCH3 is 1. The molecular weight excluding hydrogens is 445 g/mol. The summed E-state index contributed by atoms with van der Waals surface area (Å²) in [6, 6.07) is 10.2. The number of benzene rings is 2. The molecule has 0 aliphatic rings. The van der Waals surface area contributed by atoms with Crippen LogP contribution in [0.2, 0.25) is 15.1 Å². The fraction of sp³-hybridized carbons (Fsp3) is 0.176. The number of thioether (sulfide) groups is 1. The van der Waals surface area contributed by atoms with Crippen LogP contribution in [0.25, 0.3) is 5.69 Å². The van der Waals surface area contributed by atoms with Gasteiger partial charge in [-0.1, -0.05) is 46.6 Å². The average Bonchev–Trinajstić information content (AvgIpc) is 3.14. The summed E-state index contributed by atoms with van der Waals surface area (Å²) in [5.41, 5.74) is 1.12. The van der Waals surface area contributed by atoms with E-state index in [0.29, 0.717) is 25.9 Å². The van der Waals surface area contributed by atoms with Crippen LogP contribution in [0.1, 0.15) is 6.92 Å². The Balaban J connectivity index is 1.73. The lowest BCUT2D eigenvalue weighted by atomic mass is 10.3. The number of nitrogens with zero attached hydrogens (tertiary/aromatic N) is 4. The van der Waals surface area contributed by atoms with E-state index >= 15 is 0 Å². The first-order chi connectivity index (χ1) is 13.4. The molecule has 1 atom stereocenters. The molecule has 2 aromatic carbocycles. The van der Waals surface area contributed by atoms with Gasteiger partial charge in [0.1, 0.15) is 5.75 Å². The summed E-state index contributed by atoms with van der Waals surface area (Å²) in [5.74, 6) is 0.437. The molecule has 7 nitrogen and oxygen atoms in total. The minimum atomic E-state index is -0.506. The van der Waals surface area contributed by atoms with Crippen LogP contribution in [0.15, 0.2) is 41.6 Å². The van der Waals surface area contributed by atoms with Crippen LogP contribution in [-0.2, 0) is 4.79 Å². The summed E-state index contributed by atoms with van der Waals surface area (Å²) in [7, 11) is 1.59. The molecule has 0 radical (unpaired) electrons. The van der Waals surface area contributed by atoms with Crippen molar-refractivity contribution in [2.75, 3.05) is 12.4 Å². The number of aromatic nitrogens is 4. The monoisotopic (exact) mass is 457 g/mol. The van der Waals surface area contributed by atoms with Crippen molar-refractivity contribution in [2.24, 2.45) is 0 Å². The molecule has 0 fully saturated rings. The number of carbonyl (C=O) groups excluding carboxylic acids is 1. The van der Waals surface area contributed by atoms with E-state index in [1.165, 1.54) is 23.9 Å². The Morgan fingerprint density at radius 2 is 1.82 bits per heavy atom. The summed E-state index contributed by atoms with van der Waals surface area (Å²) < 4.78 is 6.69. The molecule has 0 aliphatic carbocycles. The molecule has 11 heteroatoms. The highest BCUT2D eigenvalue weighted by atomic mass is 35.5. The van der Waals surface area contributed by atoms with Gasteiger partial charge in [-0.3, -0.25) is 4.79 Å². The van der Waals surface area contributed by atoms with Crippen molar-refractivity contribution < 1.29 is 9.53 Å². The van der Waals surface area contributed by atoms with E-state index in [-0.39, 0.29) is 5.91 Å². The van der Waals surface area contributed by atoms with Gasteiger partial charge in [-0.25, -0.2) is 0 Å². The molecule has 0 saturated carbocycles. The molecule has 1 unspecified atom stereocenters. The number of amides is 1. The second kappa shape index (κ2) is 9.00. The molecule has 0 aliphatic heterocycles. The molecule has 1 amide bonds. The molecule has 28 heavy (non-hydrogen) atoms. The van der Waals surface area contributed by atoms with Gasteiger partial charge in [0, 0.05) is 0 Å². The molecule has 3 rings (SSSR count). The van der Waals surface area contributed by atoms with Crippen LogP contribution in [-0.4, -0.2) is 38.5 Å². The van der Waals surface area contributed by atoms with Crippen LogP contribution in [0.4, 0.5) is 5.69 Å². The van der Waals surface area contributed by atoms with Crippen molar-refractivity contribution in [3.05, 3.63) is 51.5 Å². The molecule has 1 heterocycles. The van der Waals surface area contributed by atoms with Crippen molar-refractivity contribution in [2.45, 2.75) is 17.3 Å². The number of halogens is 3. The Bertz CT molecular complexity index is 997. The van der Waals surface area contributed by atoms with E-state index in [9.17, 15) is 4.79 Å². The Labute approximate surface area is 180 Å². The number of tetrazole rings is 1. The molecule has 1 aromatic heterocycles. The summed E-state index contributed by atoms with van der Waals surface area (Å²) >= 11 is 19.2. The van der Waals surface area contributed by atoms with Gasteiger partial charge < -0.3 is 10.1 Å². The zero-order chi connectivity index (χ0) is 20.3. The third kappa shape index (κ3) is 4.70. The van der Waals surface area contributed by atoms with Crippen molar-refractivity contribution >= 4 is 58.2 Å². The predicted octanol–water partition coefficient (Wildman–Crippen LogP) is 4.75. The minimum Gasteiger partial charge on any atom is -0.497 e. The highest BCUT2D eigenvalue weighted by Crippen LogP contribution is 2.33. The Hall–Kier alpha value is -2.00. The van der Waals surface area contributed by atoms with E-state index < -0.39 is 5.25 Å². The summed E-state index contributed by atoms with van der Waals surface area (Å²) in [6.07, 6.45) is 0. The summed E-state index contributed by atoms with van der Waals surface area (Å²) in [4.78, 5) is 12.6. The van der Waals surface area contributed by atoms with E-state index in [1.54, 1.807) is 30.8 Å². The number of nitrogens with one attached hydrogen (secondary N) is 1. The van der Waals surface area contributed by atoms with Gasteiger partial charge >= 0.3 is 0 Å². The zero-order valence-electron chi connectivity index (χ0n) is 14.7. The van der Waals surface area contributed by atoms with E-state index in [2.05, 4.69) is 20.8 Å². The van der Waals surface area contributed by atoms with Gasteiger partial charge in [0.15, 0.2) is 0 Å². The molecule has 0 bridgehead atoms. The smallest absolute Gasteiger partial charge is 0.237 e. The van der Waals surface area contributed by atoms with Crippen molar-refractivity contribution in [3.8, 4) is 11.4 Å². The number of hydrogen-bond donors (Lipinski definition) is 1. The second-order valence-electron chi connectivity index (χ2n) is 5.57. The SMILES string of the molecule is COc1ccc(-n2nnnc2SC(C)C(=O)Nc2cc(Cl)c(Cl)cc2Cl)cc1. The van der Waals surface area contributed by atoms with Crippen LogP contribution >= 0.6 is 46.6 Å². The Morgan fingerprint density at radius 1 is 1.14 bits per heavy atom. The van der Waals surface area contributed by atoms with Gasteiger partial charge in [-0.2, -0.15) is 4.68 Å². The fourth-order valence-electron chi connectivity index (χ4n) is 2.20. The van der Waals surface area contributed by atoms with Crippen molar-refractivity contribution in [1.82, 2.24) is 20.2 Å². The molecule has 1 N–H and O–H groups in total. The number of rotatable bonds is 6. The van der Waals surface area contributed by atoms with E-state index in [0.717, 1.165) is 11.4 Å². The fourth-order valence-corrected chi connectivity index (χ4v) is 3.60. The largest absolute Gasteiger partial charge is 0.497 e. The first-order valence-corrected chi connectivity index (χ1v) is 9.95. The standard InChI is InChI=1S/C17H14Cl3N5O2S/c1-9(16(26)21-15-8-13(19)12(18)7-14(15)20)28-17-22-23-24-25(17)10-3-5-11(27-2)6-4-10/h3-9H,1-2H3,(H,21,26). The lowest BCUT2D eigenvalue weighted by Crippen LogP contribution is -2.23. The molecule has 0 saturated heterocycles. The second-order valence-corrected chi connectivity index (χ2v) is 8.10. The topological polar surface area (TPSA) is 81.9 Å². The number of hydrogen-bond acceptors (Lipinski definition) is 6. The number of carbonyl (C=O) groups is 1. The van der Waals surface area contributed by atoms with Crippen LogP contribution < -0.4 is 10.1 Å². The highest BCUT2D eigenvalue weighted by Gasteiger charge is 2.20. The van der Waals surface area contributed by atoms with Gasteiger partial charge in [0.25, 0.3) is 0 Å². The molecule has 146 valence electrons. The van der Waals surface area contributed by atoms with Gasteiger partial charge in [-0.05, 0) is 53.7 Å². The van der Waals surface area contributed by atoms with E-state index in [1.807, 2.05) is 12.1 Å². The molecule has 0 spiro atoms. The van der Waals surface area contributed by atoms with Crippen molar-refractivity contribution in [1.29, 1.82) is 0 Å². The highest BCUT2D eigenvalue weighted by molar-refractivity contribution is 8.00. The minimum absolute atomic E-state index is 0.283. The predicted molar refractivity (Wildman–Crippen MR) is 111 cm³/mol. The van der Waals surface area contributed by atoms with E-state index in [4.69, 9.17) is 39.5 Å². The Kier molecular flexibility index (Phi) is 6.66. The van der Waals surface area contributed by atoms with Crippen LogP contribution in [0.3, 0.4) is 0 Å². The third-order valence-corrected chi connectivity index (χ3v) is 5.75. The van der Waals surface area contributed by atoms with Crippen LogP contribution in [0, 0.1) is 0 Å². The zero-order valence-corrected chi connectivity index (χ0v) is 17.8. The normalized spacial score (nSPS) is 11.9. The maximum absolute atomic E-state index is 12.6. The lowest BCUT2D eigenvalue weighted by molar-refractivity contribution is -0.115. The summed E-state index contributed by atoms with van der Waals surface area (Å²) in [6.45, 7) is 1.73. The quantitative estimate of drug-likeness (QED) is 0.424. The molecule has 3 aromatic rings. The maximum Gasteiger partial charge on any atom is 0.237 e. The first-order valence-electron chi connectivity index (χ1n) is 7.94. The van der Waals surface area contributed by atoms with Crippen LogP contribution in [0.5, 0.6) is 5.75 Å². The number of anilines is 1. The van der Waals surface area contributed by atoms with Gasteiger partial charge in [0.05, 0.1) is 38.8 Å². The van der Waals surface area contributed by atoms with Gasteiger partial charge in [-0.15, -0.1) is 5.10 Å². The summed E-state index contributed by atoms with van der Waals surface area (Å²) in [5, 5.41) is 15.3. The maximum atomic E-state index is 12.6. The molecular formula is C17H14Cl3N5O2S. The lowest BCUT2D eigenvalue weighted by Gasteiger charge is -2.13. The Morgan fingerprint density at radius 3 is 2.50 bits per heavy atom. The van der Waals surface area contributed by atoms with Gasteiger partial charge in [0.2, 0.25) is 11.1 Å². The number of ether oxygens (including phenoxy) is 1.